The van der Waals surface area contributed by atoms with E-state index in [0.717, 1.165) is 11.1 Å². The minimum Gasteiger partial charge on any atom is -0.497 e. The second-order valence-electron chi connectivity index (χ2n) is 5.53. The topological polar surface area (TPSA) is 64.6 Å². The van der Waals surface area contributed by atoms with Crippen molar-refractivity contribution in [1.29, 1.82) is 0 Å². The van der Waals surface area contributed by atoms with Crippen LogP contribution in [-0.2, 0) is 10.0 Å². The molecule has 6 heteroatoms. The van der Waals surface area contributed by atoms with Crippen molar-refractivity contribution < 1.29 is 17.9 Å². The Hall–Kier alpha value is -2.99. The zero-order valence-electron chi connectivity index (χ0n) is 14.5. The van der Waals surface area contributed by atoms with Crippen molar-refractivity contribution in [3.8, 4) is 22.6 Å². The molecule has 0 saturated heterocycles. The number of hydrogen-bond donors (Lipinski definition) is 1. The molecule has 134 valence electrons. The first-order valence-corrected chi connectivity index (χ1v) is 9.43. The number of sulfonamides is 1. The molecule has 3 aromatic rings. The van der Waals surface area contributed by atoms with Crippen molar-refractivity contribution in [1.82, 2.24) is 0 Å². The first-order chi connectivity index (χ1) is 12.5. The lowest BCUT2D eigenvalue weighted by atomic mass is 10.0. The van der Waals surface area contributed by atoms with Crippen LogP contribution in [0.25, 0.3) is 11.1 Å². The van der Waals surface area contributed by atoms with Crippen molar-refractivity contribution >= 4 is 15.7 Å². The predicted octanol–water partition coefficient (Wildman–Crippen LogP) is 4.17. The van der Waals surface area contributed by atoms with Crippen LogP contribution in [0.1, 0.15) is 0 Å². The first-order valence-electron chi connectivity index (χ1n) is 7.94. The largest absolute Gasteiger partial charge is 0.497 e. The van der Waals surface area contributed by atoms with E-state index in [1.54, 1.807) is 24.3 Å². The third kappa shape index (κ3) is 3.65. The van der Waals surface area contributed by atoms with Gasteiger partial charge in [0.15, 0.2) is 0 Å². The summed E-state index contributed by atoms with van der Waals surface area (Å²) in [7, 11) is -0.962. The van der Waals surface area contributed by atoms with Gasteiger partial charge < -0.3 is 9.47 Å². The summed E-state index contributed by atoms with van der Waals surface area (Å²) < 4.78 is 39.0. The molecule has 0 aliphatic carbocycles. The number of ether oxygens (including phenoxy) is 2. The number of nitrogens with one attached hydrogen (secondary N) is 1. The molecule has 3 aromatic carbocycles. The number of anilines is 1. The fourth-order valence-corrected chi connectivity index (χ4v) is 3.90. The molecule has 0 spiro atoms. The predicted molar refractivity (Wildman–Crippen MR) is 102 cm³/mol. The Morgan fingerprint density at radius 3 is 2.19 bits per heavy atom. The van der Waals surface area contributed by atoms with Gasteiger partial charge in [-0.25, -0.2) is 8.42 Å². The Morgan fingerprint density at radius 2 is 1.50 bits per heavy atom. The second kappa shape index (κ2) is 7.49. The molecular weight excluding hydrogens is 350 g/mol. The highest BCUT2D eigenvalue weighted by Gasteiger charge is 2.22. The lowest BCUT2D eigenvalue weighted by molar-refractivity contribution is 0.392. The molecule has 26 heavy (non-hydrogen) atoms. The molecule has 0 saturated carbocycles. The van der Waals surface area contributed by atoms with E-state index in [2.05, 4.69) is 4.72 Å². The molecule has 0 aliphatic rings. The molecule has 0 atom stereocenters. The van der Waals surface area contributed by atoms with Gasteiger partial charge in [0.1, 0.15) is 16.4 Å². The first kappa shape index (κ1) is 17.8. The Kier molecular flexibility index (Phi) is 5.14. The smallest absolute Gasteiger partial charge is 0.265 e. The monoisotopic (exact) mass is 369 g/mol. The van der Waals surface area contributed by atoms with Gasteiger partial charge in [-0.05, 0) is 23.8 Å². The van der Waals surface area contributed by atoms with E-state index in [0.29, 0.717) is 11.4 Å². The summed E-state index contributed by atoms with van der Waals surface area (Å²) in [5.41, 5.74) is 2.20. The van der Waals surface area contributed by atoms with E-state index in [4.69, 9.17) is 9.47 Å². The SMILES string of the molecule is COc1ccc(OC)c(S(=O)(=O)Nc2ccccc2-c2ccccc2)c1. The van der Waals surface area contributed by atoms with Crippen LogP contribution in [-0.4, -0.2) is 22.6 Å². The highest BCUT2D eigenvalue weighted by atomic mass is 32.2. The minimum absolute atomic E-state index is 0.0159. The van der Waals surface area contributed by atoms with E-state index < -0.39 is 10.0 Å². The van der Waals surface area contributed by atoms with Crippen LogP contribution in [0.4, 0.5) is 5.69 Å². The highest BCUT2D eigenvalue weighted by molar-refractivity contribution is 7.92. The summed E-state index contributed by atoms with van der Waals surface area (Å²) in [6.07, 6.45) is 0. The maximum Gasteiger partial charge on any atom is 0.265 e. The molecule has 0 aliphatic heterocycles. The van der Waals surface area contributed by atoms with E-state index in [1.165, 1.54) is 20.3 Å². The third-order valence-corrected chi connectivity index (χ3v) is 5.30. The van der Waals surface area contributed by atoms with Gasteiger partial charge in [-0.3, -0.25) is 4.72 Å². The number of benzene rings is 3. The quantitative estimate of drug-likeness (QED) is 0.708. The summed E-state index contributed by atoms with van der Waals surface area (Å²) in [5, 5.41) is 0. The van der Waals surface area contributed by atoms with Crippen LogP contribution in [0.3, 0.4) is 0 Å². The van der Waals surface area contributed by atoms with Crippen LogP contribution in [0.15, 0.2) is 77.7 Å². The Bertz CT molecular complexity index is 1000. The van der Waals surface area contributed by atoms with Crippen LogP contribution in [0.2, 0.25) is 0 Å². The second-order valence-corrected chi connectivity index (χ2v) is 7.18. The van der Waals surface area contributed by atoms with Gasteiger partial charge in [-0.15, -0.1) is 0 Å². The van der Waals surface area contributed by atoms with Gasteiger partial charge in [0.25, 0.3) is 10.0 Å². The fraction of sp³-hybridized carbons (Fsp3) is 0.100. The van der Waals surface area contributed by atoms with Crippen LogP contribution >= 0.6 is 0 Å². The number of hydrogen-bond acceptors (Lipinski definition) is 4. The molecule has 0 radical (unpaired) electrons. The van der Waals surface area contributed by atoms with Crippen molar-refractivity contribution in [2.75, 3.05) is 18.9 Å². The third-order valence-electron chi connectivity index (χ3n) is 3.92. The highest BCUT2D eigenvalue weighted by Crippen LogP contribution is 2.33. The molecule has 0 fully saturated rings. The Labute approximate surface area is 153 Å². The lowest BCUT2D eigenvalue weighted by Crippen LogP contribution is -2.15. The summed E-state index contributed by atoms with van der Waals surface area (Å²) in [6.45, 7) is 0. The zero-order chi connectivity index (χ0) is 18.6. The van der Waals surface area contributed by atoms with Crippen molar-refractivity contribution in [3.63, 3.8) is 0 Å². The van der Waals surface area contributed by atoms with E-state index in [9.17, 15) is 8.42 Å². The molecule has 0 heterocycles. The summed E-state index contributed by atoms with van der Waals surface area (Å²) >= 11 is 0. The fourth-order valence-electron chi connectivity index (χ4n) is 2.64. The van der Waals surface area contributed by atoms with Gasteiger partial charge in [-0.2, -0.15) is 0 Å². The average Bonchev–Trinajstić information content (AvgIpc) is 2.68. The normalized spacial score (nSPS) is 11.0. The summed E-state index contributed by atoms with van der Waals surface area (Å²) in [6, 6.07) is 21.5. The van der Waals surface area contributed by atoms with Crippen molar-refractivity contribution in [2.45, 2.75) is 4.90 Å². The summed E-state index contributed by atoms with van der Waals surface area (Å²) in [4.78, 5) is 0.0159. The van der Waals surface area contributed by atoms with Crippen molar-refractivity contribution in [3.05, 3.63) is 72.8 Å². The molecule has 0 amide bonds. The maximum atomic E-state index is 13.0. The van der Waals surface area contributed by atoms with Crippen LogP contribution < -0.4 is 14.2 Å². The van der Waals surface area contributed by atoms with Crippen LogP contribution in [0.5, 0.6) is 11.5 Å². The van der Waals surface area contributed by atoms with Crippen molar-refractivity contribution in [2.24, 2.45) is 0 Å². The molecule has 3 rings (SSSR count). The summed E-state index contributed by atoms with van der Waals surface area (Å²) in [5.74, 6) is 0.679. The van der Waals surface area contributed by atoms with E-state index in [-0.39, 0.29) is 10.6 Å². The lowest BCUT2D eigenvalue weighted by Gasteiger charge is -2.15. The van der Waals surface area contributed by atoms with Gasteiger partial charge in [0.2, 0.25) is 0 Å². The molecule has 1 N–H and O–H groups in total. The van der Waals surface area contributed by atoms with Gasteiger partial charge >= 0.3 is 0 Å². The van der Waals surface area contributed by atoms with Gasteiger partial charge in [-0.1, -0.05) is 48.5 Å². The Balaban J connectivity index is 2.05. The molecule has 5 nitrogen and oxygen atoms in total. The molecule has 0 aromatic heterocycles. The van der Waals surface area contributed by atoms with E-state index >= 15 is 0 Å². The molecule has 0 unspecified atom stereocenters. The van der Waals surface area contributed by atoms with E-state index in [1.807, 2.05) is 42.5 Å². The standard InChI is InChI=1S/C20H19NO4S/c1-24-16-12-13-19(25-2)20(14-16)26(22,23)21-18-11-7-6-10-17(18)15-8-4-3-5-9-15/h3-14,21H,1-2H3. The Morgan fingerprint density at radius 1 is 0.808 bits per heavy atom. The van der Waals surface area contributed by atoms with Crippen LogP contribution in [0, 0.1) is 0 Å². The zero-order valence-corrected chi connectivity index (χ0v) is 15.3. The number of para-hydroxylation sites is 1. The number of rotatable bonds is 6. The minimum atomic E-state index is -3.87. The maximum absolute atomic E-state index is 13.0. The average molecular weight is 369 g/mol. The van der Waals surface area contributed by atoms with Gasteiger partial charge in [0.05, 0.1) is 19.9 Å². The number of methoxy groups -OCH3 is 2. The molecular formula is C20H19NO4S. The van der Waals surface area contributed by atoms with Gasteiger partial charge in [0, 0.05) is 11.6 Å². The molecule has 0 bridgehead atoms.